The molecule has 0 saturated carbocycles. The lowest BCUT2D eigenvalue weighted by Gasteiger charge is -2.21. The zero-order chi connectivity index (χ0) is 68.9. The molecule has 5 atom stereocenters. The molecule has 93 heavy (non-hydrogen) atoms. The van der Waals surface area contributed by atoms with Gasteiger partial charge in [0.1, 0.15) is 19.3 Å². The summed E-state index contributed by atoms with van der Waals surface area (Å²) in [5.74, 6) is 0.873. The molecule has 0 aliphatic rings. The van der Waals surface area contributed by atoms with Crippen LogP contribution in [0.3, 0.4) is 0 Å². The van der Waals surface area contributed by atoms with E-state index in [4.69, 9.17) is 37.0 Å². The highest BCUT2D eigenvalue weighted by Crippen LogP contribution is 2.45. The Labute approximate surface area is 568 Å². The number of phosphoric ester groups is 2. The molecule has 0 spiro atoms. The summed E-state index contributed by atoms with van der Waals surface area (Å²) >= 11 is 0. The Bertz CT molecular complexity index is 1830. The smallest absolute Gasteiger partial charge is 0.462 e. The second-order valence-electron chi connectivity index (χ2n) is 28.6. The van der Waals surface area contributed by atoms with Crippen molar-refractivity contribution in [1.82, 2.24) is 0 Å². The second kappa shape index (κ2) is 63.5. The van der Waals surface area contributed by atoms with Crippen molar-refractivity contribution in [3.63, 3.8) is 0 Å². The van der Waals surface area contributed by atoms with Crippen LogP contribution in [0, 0.1) is 23.7 Å². The number of aliphatic hydroxyl groups is 1. The Morgan fingerprint density at radius 1 is 0.269 bits per heavy atom. The Morgan fingerprint density at radius 2 is 0.452 bits per heavy atom. The van der Waals surface area contributed by atoms with Crippen molar-refractivity contribution in [2.75, 3.05) is 39.6 Å². The molecule has 0 rings (SSSR count). The molecule has 0 aliphatic carbocycles. The summed E-state index contributed by atoms with van der Waals surface area (Å²) in [5, 5.41) is 10.6. The highest BCUT2D eigenvalue weighted by atomic mass is 31.2. The van der Waals surface area contributed by atoms with Gasteiger partial charge in [-0.3, -0.25) is 37.3 Å². The minimum atomic E-state index is -4.96. The van der Waals surface area contributed by atoms with Gasteiger partial charge in [0.25, 0.3) is 0 Å². The molecular weight excluding hydrogens is 1220 g/mol. The molecule has 0 heterocycles. The topological polar surface area (TPSA) is 237 Å². The van der Waals surface area contributed by atoms with Gasteiger partial charge < -0.3 is 33.8 Å². The molecule has 19 heteroatoms. The van der Waals surface area contributed by atoms with E-state index in [1.165, 1.54) is 167 Å². The van der Waals surface area contributed by atoms with E-state index in [1.807, 2.05) is 0 Å². The maximum absolute atomic E-state index is 13.0. The molecular formula is C74H144O17P2. The predicted octanol–water partition coefficient (Wildman–Crippen LogP) is 21.3. The van der Waals surface area contributed by atoms with Crippen molar-refractivity contribution >= 4 is 39.5 Å². The number of unbranched alkanes of at least 4 members (excludes halogenated alkanes) is 37. The van der Waals surface area contributed by atoms with Gasteiger partial charge in [-0.1, -0.05) is 319 Å². The van der Waals surface area contributed by atoms with Crippen molar-refractivity contribution in [3.05, 3.63) is 0 Å². The predicted molar refractivity (Wildman–Crippen MR) is 377 cm³/mol. The van der Waals surface area contributed by atoms with Gasteiger partial charge in [-0.25, -0.2) is 9.13 Å². The second-order valence-corrected chi connectivity index (χ2v) is 31.5. The van der Waals surface area contributed by atoms with Crippen LogP contribution in [0.25, 0.3) is 0 Å². The molecule has 0 bridgehead atoms. The summed E-state index contributed by atoms with van der Waals surface area (Å²) in [4.78, 5) is 72.7. The van der Waals surface area contributed by atoms with E-state index in [2.05, 4.69) is 55.4 Å². The number of phosphoric acid groups is 2. The fourth-order valence-corrected chi connectivity index (χ4v) is 12.8. The molecule has 0 aliphatic heterocycles. The van der Waals surface area contributed by atoms with Crippen LogP contribution in [0.2, 0.25) is 0 Å². The van der Waals surface area contributed by atoms with Gasteiger partial charge >= 0.3 is 39.5 Å². The summed E-state index contributed by atoms with van der Waals surface area (Å²) in [6, 6.07) is 0. The Kier molecular flexibility index (Phi) is 62.2. The van der Waals surface area contributed by atoms with E-state index < -0.39 is 97.5 Å². The molecule has 0 aromatic carbocycles. The molecule has 3 N–H and O–H groups in total. The fraction of sp³-hybridized carbons (Fsp3) is 0.946. The number of esters is 4. The van der Waals surface area contributed by atoms with E-state index >= 15 is 0 Å². The summed E-state index contributed by atoms with van der Waals surface area (Å²) in [5.41, 5.74) is 0. The molecule has 0 aromatic heterocycles. The standard InChI is InChI=1S/C74H144O17P2/c1-64(2)50-42-34-26-20-14-11-9-10-12-16-24-30-40-48-56-73(78)91-70(61-85-72(77)55-47-39-33-32-37-45-53-67(7)8)63-89-93(82,83)87-59-68(75)58-86-92(80,81)88-62-69(60-84-71(76)54-46-38-29-23-19-18-22-28-36-44-52-66(5)6)90-74(79)57-49-41-31-25-17-13-15-21-27-35-43-51-65(3)4/h64-70,75H,9-63H2,1-8H3,(H,80,81)(H,82,83)/t68-,69-,70-/m1/s1. The summed E-state index contributed by atoms with van der Waals surface area (Å²) in [6.07, 6.45) is 47.3. The van der Waals surface area contributed by atoms with Crippen LogP contribution < -0.4 is 0 Å². The average molecular weight is 1370 g/mol. The lowest BCUT2D eigenvalue weighted by molar-refractivity contribution is -0.161. The molecule has 0 fully saturated rings. The number of aliphatic hydroxyl groups excluding tert-OH is 1. The normalized spacial score (nSPS) is 14.2. The fourth-order valence-electron chi connectivity index (χ4n) is 11.2. The third-order valence-electron chi connectivity index (χ3n) is 17.1. The van der Waals surface area contributed by atoms with Crippen LogP contribution in [0.5, 0.6) is 0 Å². The number of hydrogen-bond acceptors (Lipinski definition) is 15. The van der Waals surface area contributed by atoms with Crippen molar-refractivity contribution in [2.45, 2.75) is 388 Å². The van der Waals surface area contributed by atoms with Gasteiger partial charge in [0.2, 0.25) is 0 Å². The zero-order valence-corrected chi connectivity index (χ0v) is 62.7. The maximum Gasteiger partial charge on any atom is 0.472 e. The SMILES string of the molecule is CC(C)CCCCCCCCCCCCCCCCC(=O)O[C@H](COC(=O)CCCCCCCCC(C)C)COP(=O)(O)OC[C@H](O)COP(=O)(O)OC[C@@H](COC(=O)CCCCCCCCCCCCC(C)C)OC(=O)CCCCCCCCCCCCCC(C)C. The highest BCUT2D eigenvalue weighted by molar-refractivity contribution is 7.47. The molecule has 0 saturated heterocycles. The van der Waals surface area contributed by atoms with Crippen molar-refractivity contribution in [3.8, 4) is 0 Å². The first kappa shape index (κ1) is 91.1. The van der Waals surface area contributed by atoms with Gasteiger partial charge in [0.05, 0.1) is 26.4 Å². The minimum absolute atomic E-state index is 0.106. The quantitative estimate of drug-likeness (QED) is 0.0222. The van der Waals surface area contributed by atoms with Crippen LogP contribution in [-0.2, 0) is 65.4 Å². The maximum atomic E-state index is 13.0. The summed E-state index contributed by atoms with van der Waals surface area (Å²) in [7, 11) is -9.91. The molecule has 0 amide bonds. The highest BCUT2D eigenvalue weighted by Gasteiger charge is 2.30. The molecule has 2 unspecified atom stereocenters. The number of rotatable bonds is 71. The molecule has 552 valence electrons. The van der Waals surface area contributed by atoms with Crippen LogP contribution in [0.15, 0.2) is 0 Å². The largest absolute Gasteiger partial charge is 0.472 e. The lowest BCUT2D eigenvalue weighted by atomic mass is 10.0. The third kappa shape index (κ3) is 68.4. The van der Waals surface area contributed by atoms with E-state index in [9.17, 15) is 43.2 Å². The Balaban J connectivity index is 5.23. The number of carbonyl (C=O) groups is 4. The molecule has 0 aromatic rings. The van der Waals surface area contributed by atoms with Crippen LogP contribution >= 0.6 is 15.6 Å². The minimum Gasteiger partial charge on any atom is -0.462 e. The lowest BCUT2D eigenvalue weighted by Crippen LogP contribution is -2.30. The Hall–Kier alpha value is -1.94. The van der Waals surface area contributed by atoms with E-state index in [1.54, 1.807) is 0 Å². The van der Waals surface area contributed by atoms with E-state index in [0.717, 1.165) is 114 Å². The van der Waals surface area contributed by atoms with Crippen molar-refractivity contribution < 1.29 is 80.2 Å². The average Bonchev–Trinajstić information content (AvgIpc) is 2.17. The van der Waals surface area contributed by atoms with Crippen LogP contribution in [0.4, 0.5) is 0 Å². The van der Waals surface area contributed by atoms with Crippen molar-refractivity contribution in [1.29, 1.82) is 0 Å². The van der Waals surface area contributed by atoms with Gasteiger partial charge in [0.15, 0.2) is 12.2 Å². The molecule has 17 nitrogen and oxygen atoms in total. The first-order valence-electron chi connectivity index (χ1n) is 38.2. The van der Waals surface area contributed by atoms with Gasteiger partial charge in [-0.05, 0) is 49.4 Å². The number of hydrogen-bond donors (Lipinski definition) is 3. The zero-order valence-electron chi connectivity index (χ0n) is 60.9. The summed E-state index contributed by atoms with van der Waals surface area (Å²) < 4.78 is 68.4. The third-order valence-corrected chi connectivity index (χ3v) is 19.0. The summed E-state index contributed by atoms with van der Waals surface area (Å²) in [6.45, 7) is 14.1. The van der Waals surface area contributed by atoms with Gasteiger partial charge in [0, 0.05) is 25.7 Å². The first-order chi connectivity index (χ1) is 44.6. The van der Waals surface area contributed by atoms with Crippen molar-refractivity contribution in [2.24, 2.45) is 23.7 Å². The van der Waals surface area contributed by atoms with Crippen LogP contribution in [0.1, 0.15) is 370 Å². The van der Waals surface area contributed by atoms with E-state index in [-0.39, 0.29) is 25.7 Å². The van der Waals surface area contributed by atoms with Gasteiger partial charge in [-0.15, -0.1) is 0 Å². The molecule has 0 radical (unpaired) electrons. The van der Waals surface area contributed by atoms with Gasteiger partial charge in [-0.2, -0.15) is 0 Å². The first-order valence-corrected chi connectivity index (χ1v) is 41.2. The number of ether oxygens (including phenoxy) is 4. The van der Waals surface area contributed by atoms with Crippen LogP contribution in [-0.4, -0.2) is 96.7 Å². The monoisotopic (exact) mass is 1370 g/mol. The Morgan fingerprint density at radius 3 is 0.667 bits per heavy atom. The number of carbonyl (C=O) groups excluding carboxylic acids is 4. The van der Waals surface area contributed by atoms with E-state index in [0.29, 0.717) is 31.6 Å².